The van der Waals surface area contributed by atoms with Crippen LogP contribution in [0.3, 0.4) is 0 Å². The standard InChI is InChI=1S/C17H17ClN4OS/c1-9-11(3)24-17-15(9)16(19-8-20-17)22-21-10(2)13-7-12(18)5-6-14(13)23-4/h5-8H,1-4H3,(H,19,20,22)/b21-10-. The number of hydrazone groups is 1. The van der Waals surface area contributed by atoms with E-state index in [-0.39, 0.29) is 0 Å². The van der Waals surface area contributed by atoms with Crippen LogP contribution in [0.15, 0.2) is 29.6 Å². The molecule has 0 fully saturated rings. The molecule has 3 rings (SSSR count). The monoisotopic (exact) mass is 360 g/mol. The fourth-order valence-corrected chi connectivity index (χ4v) is 3.60. The second-order valence-corrected chi connectivity index (χ2v) is 6.98. The maximum atomic E-state index is 6.09. The van der Waals surface area contributed by atoms with Gasteiger partial charge in [0.25, 0.3) is 0 Å². The highest BCUT2D eigenvalue weighted by Crippen LogP contribution is 2.32. The molecule has 0 spiro atoms. The minimum absolute atomic E-state index is 0.633. The lowest BCUT2D eigenvalue weighted by atomic mass is 10.1. The number of ether oxygens (including phenoxy) is 1. The van der Waals surface area contributed by atoms with Gasteiger partial charge < -0.3 is 4.74 Å². The summed E-state index contributed by atoms with van der Waals surface area (Å²) in [6.07, 6.45) is 1.55. The summed E-state index contributed by atoms with van der Waals surface area (Å²) in [4.78, 5) is 10.8. The van der Waals surface area contributed by atoms with Crippen LogP contribution >= 0.6 is 22.9 Å². The Morgan fingerprint density at radius 2 is 2.08 bits per heavy atom. The zero-order chi connectivity index (χ0) is 17.3. The molecule has 5 nitrogen and oxygen atoms in total. The number of hydrogen-bond donors (Lipinski definition) is 1. The van der Waals surface area contributed by atoms with E-state index in [0.29, 0.717) is 10.8 Å². The summed E-state index contributed by atoms with van der Waals surface area (Å²) in [6, 6.07) is 5.44. The molecule has 0 bridgehead atoms. The minimum Gasteiger partial charge on any atom is -0.496 e. The number of aryl methyl sites for hydroxylation is 2. The smallest absolute Gasteiger partial charge is 0.158 e. The zero-order valence-electron chi connectivity index (χ0n) is 13.8. The van der Waals surface area contributed by atoms with Gasteiger partial charge in [-0.1, -0.05) is 11.6 Å². The van der Waals surface area contributed by atoms with Crippen molar-refractivity contribution < 1.29 is 4.74 Å². The van der Waals surface area contributed by atoms with E-state index in [0.717, 1.165) is 27.2 Å². The first-order valence-electron chi connectivity index (χ1n) is 7.36. The fraction of sp³-hybridized carbons (Fsp3) is 0.235. The van der Waals surface area contributed by atoms with Crippen molar-refractivity contribution in [3.05, 3.63) is 45.6 Å². The fourth-order valence-electron chi connectivity index (χ4n) is 2.43. The number of nitrogens with one attached hydrogen (secondary N) is 1. The van der Waals surface area contributed by atoms with Gasteiger partial charge in [0.1, 0.15) is 16.9 Å². The highest BCUT2D eigenvalue weighted by molar-refractivity contribution is 7.18. The predicted octanol–water partition coefficient (Wildman–Crippen LogP) is 4.81. The Morgan fingerprint density at radius 1 is 1.29 bits per heavy atom. The van der Waals surface area contributed by atoms with Gasteiger partial charge in [-0.05, 0) is 44.5 Å². The van der Waals surface area contributed by atoms with E-state index in [1.54, 1.807) is 30.8 Å². The van der Waals surface area contributed by atoms with Crippen LogP contribution in [-0.4, -0.2) is 22.8 Å². The molecule has 0 aliphatic rings. The second kappa shape index (κ2) is 6.75. The number of benzene rings is 1. The molecule has 124 valence electrons. The predicted molar refractivity (Wildman–Crippen MR) is 101 cm³/mol. The first-order valence-corrected chi connectivity index (χ1v) is 8.55. The Balaban J connectivity index is 1.98. The SMILES string of the molecule is COc1ccc(Cl)cc1/C(C)=N\Nc1ncnc2sc(C)c(C)c12. The van der Waals surface area contributed by atoms with Gasteiger partial charge in [0, 0.05) is 15.5 Å². The Bertz CT molecular complexity index is 936. The summed E-state index contributed by atoms with van der Waals surface area (Å²) in [5.41, 5.74) is 5.82. The average molecular weight is 361 g/mol. The number of thiophene rings is 1. The first-order chi connectivity index (χ1) is 11.5. The summed E-state index contributed by atoms with van der Waals surface area (Å²) in [5.74, 6) is 1.42. The minimum atomic E-state index is 0.633. The van der Waals surface area contributed by atoms with Crippen LogP contribution in [0.4, 0.5) is 5.82 Å². The topological polar surface area (TPSA) is 59.4 Å². The van der Waals surface area contributed by atoms with Crippen LogP contribution in [-0.2, 0) is 0 Å². The maximum absolute atomic E-state index is 6.09. The molecule has 0 aliphatic heterocycles. The lowest BCUT2D eigenvalue weighted by Crippen LogP contribution is -2.03. The van der Waals surface area contributed by atoms with Gasteiger partial charge in [-0.3, -0.25) is 5.43 Å². The van der Waals surface area contributed by atoms with Crippen LogP contribution in [0.5, 0.6) is 5.75 Å². The molecule has 0 radical (unpaired) electrons. The molecule has 2 aromatic heterocycles. The number of rotatable bonds is 4. The van der Waals surface area contributed by atoms with Gasteiger partial charge in [-0.25, -0.2) is 9.97 Å². The van der Waals surface area contributed by atoms with Crippen molar-refractivity contribution in [2.45, 2.75) is 20.8 Å². The van der Waals surface area contributed by atoms with Crippen molar-refractivity contribution in [3.63, 3.8) is 0 Å². The highest BCUT2D eigenvalue weighted by atomic mass is 35.5. The van der Waals surface area contributed by atoms with E-state index in [2.05, 4.69) is 34.3 Å². The van der Waals surface area contributed by atoms with Crippen molar-refractivity contribution >= 4 is 44.7 Å². The summed E-state index contributed by atoms with van der Waals surface area (Å²) in [6.45, 7) is 6.04. The van der Waals surface area contributed by atoms with E-state index in [1.165, 1.54) is 10.4 Å². The number of halogens is 1. The van der Waals surface area contributed by atoms with Crippen molar-refractivity contribution in [1.82, 2.24) is 9.97 Å². The third kappa shape index (κ3) is 3.07. The molecular weight excluding hydrogens is 344 g/mol. The largest absolute Gasteiger partial charge is 0.496 e. The molecular formula is C17H17ClN4OS. The van der Waals surface area contributed by atoms with Gasteiger partial charge in [0.2, 0.25) is 0 Å². The van der Waals surface area contributed by atoms with Crippen LogP contribution < -0.4 is 10.2 Å². The Hall–Kier alpha value is -2.18. The summed E-state index contributed by atoms with van der Waals surface area (Å²) in [7, 11) is 1.62. The van der Waals surface area contributed by atoms with Gasteiger partial charge in [-0.15, -0.1) is 11.3 Å². The highest BCUT2D eigenvalue weighted by Gasteiger charge is 2.12. The third-order valence-electron chi connectivity index (χ3n) is 3.85. The molecule has 0 saturated carbocycles. The van der Waals surface area contributed by atoms with Crippen LogP contribution in [0.2, 0.25) is 5.02 Å². The van der Waals surface area contributed by atoms with Crippen molar-refractivity contribution in [2.24, 2.45) is 5.10 Å². The molecule has 24 heavy (non-hydrogen) atoms. The molecule has 2 heterocycles. The molecule has 7 heteroatoms. The van der Waals surface area contributed by atoms with Crippen LogP contribution in [0.1, 0.15) is 22.9 Å². The zero-order valence-corrected chi connectivity index (χ0v) is 15.4. The summed E-state index contributed by atoms with van der Waals surface area (Å²) < 4.78 is 5.37. The van der Waals surface area contributed by atoms with Crippen LogP contribution in [0.25, 0.3) is 10.2 Å². The number of hydrogen-bond acceptors (Lipinski definition) is 6. The molecule has 1 aromatic carbocycles. The van der Waals surface area contributed by atoms with Gasteiger partial charge in [-0.2, -0.15) is 5.10 Å². The first kappa shape index (κ1) is 16.7. The molecule has 1 N–H and O–H groups in total. The van der Waals surface area contributed by atoms with Crippen LogP contribution in [0, 0.1) is 13.8 Å². The lowest BCUT2D eigenvalue weighted by Gasteiger charge is -2.09. The molecule has 0 unspecified atom stereocenters. The Kier molecular flexibility index (Phi) is 4.69. The van der Waals surface area contributed by atoms with Crippen molar-refractivity contribution in [2.75, 3.05) is 12.5 Å². The summed E-state index contributed by atoms with van der Waals surface area (Å²) in [5, 5.41) is 6.10. The Labute approximate surface area is 149 Å². The molecule has 3 aromatic rings. The van der Waals surface area contributed by atoms with E-state index < -0.39 is 0 Å². The molecule has 0 atom stereocenters. The summed E-state index contributed by atoms with van der Waals surface area (Å²) >= 11 is 7.74. The second-order valence-electron chi connectivity index (χ2n) is 5.34. The van der Waals surface area contributed by atoms with E-state index in [4.69, 9.17) is 16.3 Å². The Morgan fingerprint density at radius 3 is 2.83 bits per heavy atom. The van der Waals surface area contributed by atoms with E-state index in [1.807, 2.05) is 19.1 Å². The quantitative estimate of drug-likeness (QED) is 0.536. The van der Waals surface area contributed by atoms with Gasteiger partial charge in [0.15, 0.2) is 5.82 Å². The van der Waals surface area contributed by atoms with E-state index >= 15 is 0 Å². The lowest BCUT2D eigenvalue weighted by molar-refractivity contribution is 0.414. The molecule has 0 saturated heterocycles. The number of nitrogens with zero attached hydrogens (tertiary/aromatic N) is 3. The van der Waals surface area contributed by atoms with Gasteiger partial charge in [0.05, 0.1) is 18.2 Å². The van der Waals surface area contributed by atoms with E-state index in [9.17, 15) is 0 Å². The average Bonchev–Trinajstić information content (AvgIpc) is 2.87. The third-order valence-corrected chi connectivity index (χ3v) is 5.20. The number of methoxy groups -OCH3 is 1. The van der Waals surface area contributed by atoms with Crippen molar-refractivity contribution in [1.29, 1.82) is 0 Å². The maximum Gasteiger partial charge on any atom is 0.158 e. The van der Waals surface area contributed by atoms with Gasteiger partial charge >= 0.3 is 0 Å². The number of anilines is 1. The van der Waals surface area contributed by atoms with Crippen molar-refractivity contribution in [3.8, 4) is 5.75 Å². The normalized spacial score (nSPS) is 11.8. The number of fused-ring (bicyclic) bond motifs is 1. The molecule has 0 amide bonds. The molecule has 0 aliphatic carbocycles. The number of aromatic nitrogens is 2.